The van der Waals surface area contributed by atoms with Crippen LogP contribution in [0.2, 0.25) is 0 Å². The van der Waals surface area contributed by atoms with Gasteiger partial charge in [-0.25, -0.2) is 9.97 Å². The maximum absolute atomic E-state index is 9.33. The predicted molar refractivity (Wildman–Crippen MR) is 74.5 cm³/mol. The molecule has 3 N–H and O–H groups in total. The zero-order valence-corrected chi connectivity index (χ0v) is 11.5. The number of methoxy groups -OCH3 is 1. The molecular formula is C13H22N4O2. The topological polar surface area (TPSA) is 79.3 Å². The largest absolute Gasteiger partial charge is 0.490 e. The highest BCUT2D eigenvalue weighted by molar-refractivity contribution is 5.63. The number of aromatic nitrogens is 2. The van der Waals surface area contributed by atoms with Gasteiger partial charge < -0.3 is 20.5 Å². The number of aliphatic hydroxyl groups excluding tert-OH is 1. The van der Waals surface area contributed by atoms with Crippen molar-refractivity contribution in [2.45, 2.75) is 19.3 Å². The smallest absolute Gasteiger partial charge is 0.204 e. The molecule has 0 spiro atoms. The minimum atomic E-state index is 0.273. The van der Waals surface area contributed by atoms with Gasteiger partial charge in [0.1, 0.15) is 6.33 Å². The highest BCUT2D eigenvalue weighted by Gasteiger charge is 2.26. The molecule has 0 aromatic carbocycles. The number of rotatable bonds is 6. The van der Waals surface area contributed by atoms with Crippen molar-refractivity contribution in [1.82, 2.24) is 9.97 Å². The lowest BCUT2D eigenvalue weighted by molar-refractivity contribution is 0.199. The number of hydrogen-bond donors (Lipinski definition) is 3. The van der Waals surface area contributed by atoms with Crippen molar-refractivity contribution in [3.05, 3.63) is 6.33 Å². The molecule has 2 rings (SSSR count). The second-order valence-corrected chi connectivity index (χ2v) is 4.87. The molecule has 106 valence electrons. The summed E-state index contributed by atoms with van der Waals surface area (Å²) in [6, 6.07) is 0. The lowest BCUT2D eigenvalue weighted by Crippen LogP contribution is -2.21. The summed E-state index contributed by atoms with van der Waals surface area (Å²) in [5.41, 5.74) is 0. The van der Waals surface area contributed by atoms with Gasteiger partial charge in [0.05, 0.1) is 7.11 Å². The fourth-order valence-corrected chi connectivity index (χ4v) is 2.72. The molecule has 1 aliphatic rings. The van der Waals surface area contributed by atoms with Gasteiger partial charge in [0.25, 0.3) is 0 Å². The standard InChI is InChI=1S/C13H22N4O2/c1-14-12-11(19-2)13(17-8-16-12)15-6-9-4-3-5-10(9)7-18/h8-10,18H,3-7H2,1-2H3,(H2,14,15,16,17). The van der Waals surface area contributed by atoms with Crippen LogP contribution in [-0.2, 0) is 0 Å². The lowest BCUT2D eigenvalue weighted by atomic mass is 9.97. The molecule has 19 heavy (non-hydrogen) atoms. The molecule has 0 saturated heterocycles. The quantitative estimate of drug-likeness (QED) is 0.721. The van der Waals surface area contributed by atoms with Gasteiger partial charge in [0.15, 0.2) is 11.6 Å². The SMILES string of the molecule is CNc1ncnc(NCC2CCCC2CO)c1OC. The van der Waals surface area contributed by atoms with E-state index in [2.05, 4.69) is 20.6 Å². The van der Waals surface area contributed by atoms with Gasteiger partial charge in [0, 0.05) is 20.2 Å². The molecule has 1 heterocycles. The molecule has 2 unspecified atom stereocenters. The third-order valence-corrected chi connectivity index (χ3v) is 3.83. The van der Waals surface area contributed by atoms with E-state index >= 15 is 0 Å². The first-order chi connectivity index (χ1) is 9.30. The first-order valence-electron chi connectivity index (χ1n) is 6.71. The van der Waals surface area contributed by atoms with Crippen molar-refractivity contribution in [3.63, 3.8) is 0 Å². The molecule has 1 aromatic heterocycles. The van der Waals surface area contributed by atoms with Crippen molar-refractivity contribution in [3.8, 4) is 5.75 Å². The fraction of sp³-hybridized carbons (Fsp3) is 0.692. The Morgan fingerprint density at radius 3 is 2.74 bits per heavy atom. The average Bonchev–Trinajstić information content (AvgIpc) is 2.91. The van der Waals surface area contributed by atoms with Crippen LogP contribution in [0.1, 0.15) is 19.3 Å². The third kappa shape index (κ3) is 3.07. The van der Waals surface area contributed by atoms with E-state index in [4.69, 9.17) is 4.74 Å². The number of anilines is 2. The van der Waals surface area contributed by atoms with Crippen LogP contribution < -0.4 is 15.4 Å². The number of ether oxygens (including phenoxy) is 1. The molecule has 1 fully saturated rings. The van der Waals surface area contributed by atoms with Gasteiger partial charge in [-0.3, -0.25) is 0 Å². The average molecular weight is 266 g/mol. The summed E-state index contributed by atoms with van der Waals surface area (Å²) in [4.78, 5) is 8.33. The summed E-state index contributed by atoms with van der Waals surface area (Å²) in [6.45, 7) is 1.08. The molecular weight excluding hydrogens is 244 g/mol. The Morgan fingerprint density at radius 1 is 1.32 bits per heavy atom. The highest BCUT2D eigenvalue weighted by Crippen LogP contribution is 2.33. The van der Waals surface area contributed by atoms with Crippen LogP contribution in [0.15, 0.2) is 6.33 Å². The van der Waals surface area contributed by atoms with Crippen molar-refractivity contribution in [2.24, 2.45) is 11.8 Å². The van der Waals surface area contributed by atoms with Crippen molar-refractivity contribution < 1.29 is 9.84 Å². The molecule has 0 bridgehead atoms. The van der Waals surface area contributed by atoms with Crippen molar-refractivity contribution >= 4 is 11.6 Å². The number of hydrogen-bond acceptors (Lipinski definition) is 6. The first kappa shape index (κ1) is 13.9. The molecule has 6 heteroatoms. The first-order valence-corrected chi connectivity index (χ1v) is 6.71. The molecule has 1 saturated carbocycles. The van der Waals surface area contributed by atoms with E-state index in [1.54, 1.807) is 14.2 Å². The number of nitrogens with one attached hydrogen (secondary N) is 2. The van der Waals surface area contributed by atoms with Crippen LogP contribution in [0.3, 0.4) is 0 Å². The third-order valence-electron chi connectivity index (χ3n) is 3.83. The molecule has 0 amide bonds. The van der Waals surface area contributed by atoms with Gasteiger partial charge in [0.2, 0.25) is 5.75 Å². The highest BCUT2D eigenvalue weighted by atomic mass is 16.5. The Kier molecular flexibility index (Phi) is 4.79. The van der Waals surface area contributed by atoms with E-state index in [0.717, 1.165) is 19.4 Å². The Hall–Kier alpha value is -1.56. The summed E-state index contributed by atoms with van der Waals surface area (Å²) >= 11 is 0. The number of nitrogens with zero attached hydrogens (tertiary/aromatic N) is 2. The normalized spacial score (nSPS) is 22.3. The van der Waals surface area contributed by atoms with Crippen LogP contribution in [0, 0.1) is 11.8 Å². The minimum absolute atomic E-state index is 0.273. The molecule has 0 radical (unpaired) electrons. The maximum Gasteiger partial charge on any atom is 0.204 e. The fourth-order valence-electron chi connectivity index (χ4n) is 2.72. The van der Waals surface area contributed by atoms with Crippen molar-refractivity contribution in [1.29, 1.82) is 0 Å². The second kappa shape index (κ2) is 6.56. The van der Waals surface area contributed by atoms with Crippen LogP contribution >= 0.6 is 0 Å². The van der Waals surface area contributed by atoms with Crippen LogP contribution in [0.25, 0.3) is 0 Å². The summed E-state index contributed by atoms with van der Waals surface area (Å²) < 4.78 is 5.34. The van der Waals surface area contributed by atoms with Gasteiger partial charge in [-0.1, -0.05) is 6.42 Å². The van der Waals surface area contributed by atoms with Crippen molar-refractivity contribution in [2.75, 3.05) is 37.9 Å². The summed E-state index contributed by atoms with van der Waals surface area (Å²) in [5.74, 6) is 2.91. The summed E-state index contributed by atoms with van der Waals surface area (Å²) in [7, 11) is 3.41. The molecule has 0 aliphatic heterocycles. The van der Waals surface area contributed by atoms with E-state index in [9.17, 15) is 5.11 Å². The number of aliphatic hydroxyl groups is 1. The van der Waals surface area contributed by atoms with Gasteiger partial charge in [-0.05, 0) is 24.7 Å². The zero-order valence-electron chi connectivity index (χ0n) is 11.5. The van der Waals surface area contributed by atoms with E-state index in [1.807, 2.05) is 0 Å². The monoisotopic (exact) mass is 266 g/mol. The molecule has 1 aliphatic carbocycles. The Bertz CT molecular complexity index is 414. The Morgan fingerprint density at radius 2 is 2.05 bits per heavy atom. The molecule has 1 aromatic rings. The maximum atomic E-state index is 9.33. The van der Waals surface area contributed by atoms with Gasteiger partial charge in [-0.2, -0.15) is 0 Å². The van der Waals surface area contributed by atoms with E-state index in [0.29, 0.717) is 29.2 Å². The zero-order chi connectivity index (χ0) is 13.7. The lowest BCUT2D eigenvalue weighted by Gasteiger charge is -2.19. The second-order valence-electron chi connectivity index (χ2n) is 4.87. The van der Waals surface area contributed by atoms with Gasteiger partial charge in [-0.15, -0.1) is 0 Å². The minimum Gasteiger partial charge on any atom is -0.490 e. The van der Waals surface area contributed by atoms with Crippen LogP contribution in [-0.4, -0.2) is 42.4 Å². The molecule has 6 nitrogen and oxygen atoms in total. The van der Waals surface area contributed by atoms with Crippen LogP contribution in [0.5, 0.6) is 5.75 Å². The van der Waals surface area contributed by atoms with E-state index in [1.165, 1.54) is 12.7 Å². The summed E-state index contributed by atoms with van der Waals surface area (Å²) in [5, 5.41) is 15.6. The van der Waals surface area contributed by atoms with Crippen LogP contribution in [0.4, 0.5) is 11.6 Å². The Labute approximate surface area is 113 Å². The van der Waals surface area contributed by atoms with E-state index < -0.39 is 0 Å². The van der Waals surface area contributed by atoms with Gasteiger partial charge >= 0.3 is 0 Å². The molecule has 2 atom stereocenters. The van der Waals surface area contributed by atoms with E-state index in [-0.39, 0.29) is 6.61 Å². The Balaban J connectivity index is 2.03. The predicted octanol–water partition coefficient (Wildman–Crippen LogP) is 1.35. The summed E-state index contributed by atoms with van der Waals surface area (Å²) in [6.07, 6.45) is 4.98.